The van der Waals surface area contributed by atoms with Crippen LogP contribution in [0.3, 0.4) is 0 Å². The molecule has 0 radical (unpaired) electrons. The van der Waals surface area contributed by atoms with E-state index in [1.54, 1.807) is 4.90 Å². The molecule has 0 unspecified atom stereocenters. The number of carbonyl (C=O) groups is 1. The van der Waals surface area contributed by atoms with Crippen molar-refractivity contribution in [1.29, 1.82) is 0 Å². The van der Waals surface area contributed by atoms with Gasteiger partial charge in [-0.05, 0) is 18.8 Å². The zero-order valence-electron chi connectivity index (χ0n) is 11.9. The van der Waals surface area contributed by atoms with Crippen LogP contribution in [0.2, 0.25) is 0 Å². The minimum atomic E-state index is -1.44. The van der Waals surface area contributed by atoms with Crippen LogP contribution in [0.4, 0.5) is 17.1 Å². The molecule has 1 fully saturated rings. The van der Waals surface area contributed by atoms with Gasteiger partial charge in [0.25, 0.3) is 0 Å². The van der Waals surface area contributed by atoms with E-state index in [1.807, 2.05) is 6.92 Å². The largest absolute Gasteiger partial charge is 0.478 e. The second kappa shape index (κ2) is 5.96. The Morgan fingerprint density at radius 2 is 1.64 bits per heavy atom. The maximum atomic E-state index is 11.2. The number of hydrogen-bond acceptors (Lipinski definition) is 6. The first-order chi connectivity index (χ1) is 10.3. The van der Waals surface area contributed by atoms with Gasteiger partial charge in [-0.3, -0.25) is 20.2 Å². The molecule has 1 aromatic rings. The molecule has 118 valence electrons. The van der Waals surface area contributed by atoms with Gasteiger partial charge in [-0.1, -0.05) is 6.92 Å². The highest BCUT2D eigenvalue weighted by Crippen LogP contribution is 2.40. The summed E-state index contributed by atoms with van der Waals surface area (Å²) in [4.78, 5) is 33.6. The molecular weight excluding hydrogens is 294 g/mol. The van der Waals surface area contributed by atoms with Gasteiger partial charge in [0, 0.05) is 25.2 Å². The highest BCUT2D eigenvalue weighted by atomic mass is 16.6. The quantitative estimate of drug-likeness (QED) is 0.668. The van der Waals surface area contributed by atoms with E-state index in [0.717, 1.165) is 25.0 Å². The van der Waals surface area contributed by atoms with E-state index in [1.165, 1.54) is 0 Å². The van der Waals surface area contributed by atoms with Crippen LogP contribution >= 0.6 is 0 Å². The molecule has 9 heteroatoms. The predicted octanol–water partition coefficient (Wildman–Crippen LogP) is 2.44. The number of hydrogen-bond donors (Lipinski definition) is 1. The van der Waals surface area contributed by atoms with Gasteiger partial charge >= 0.3 is 17.3 Å². The number of aromatic carboxylic acids is 1. The standard InChI is InChI=1S/C13H15N3O6/c1-8-2-4-14(5-3-8)12-10(15(19)20)6-9(13(17)18)7-11(12)16(21)22/h6-8H,2-5H2,1H3,(H,17,18). The number of piperidine rings is 1. The van der Waals surface area contributed by atoms with Gasteiger partial charge in [-0.15, -0.1) is 0 Å². The monoisotopic (exact) mass is 309 g/mol. The second-order valence-electron chi connectivity index (χ2n) is 5.35. The van der Waals surface area contributed by atoms with Crippen molar-refractivity contribution in [2.75, 3.05) is 18.0 Å². The van der Waals surface area contributed by atoms with Crippen molar-refractivity contribution in [3.05, 3.63) is 37.9 Å². The molecule has 1 saturated heterocycles. The van der Waals surface area contributed by atoms with Crippen molar-refractivity contribution in [3.8, 4) is 0 Å². The second-order valence-corrected chi connectivity index (χ2v) is 5.35. The van der Waals surface area contributed by atoms with Gasteiger partial charge in [0.15, 0.2) is 5.69 Å². The molecule has 2 rings (SSSR count). The molecule has 1 aliphatic heterocycles. The summed E-state index contributed by atoms with van der Waals surface area (Å²) in [7, 11) is 0. The lowest BCUT2D eigenvalue weighted by atomic mass is 9.98. The fourth-order valence-electron chi connectivity index (χ4n) is 2.56. The van der Waals surface area contributed by atoms with Crippen LogP contribution < -0.4 is 4.90 Å². The van der Waals surface area contributed by atoms with Crippen molar-refractivity contribution in [3.63, 3.8) is 0 Å². The van der Waals surface area contributed by atoms with Gasteiger partial charge in [-0.25, -0.2) is 4.79 Å². The van der Waals surface area contributed by atoms with Crippen LogP contribution in [0.15, 0.2) is 12.1 Å². The molecule has 22 heavy (non-hydrogen) atoms. The lowest BCUT2D eigenvalue weighted by molar-refractivity contribution is -0.392. The number of benzene rings is 1. The maximum Gasteiger partial charge on any atom is 0.336 e. The number of carboxylic acids is 1. The molecule has 1 aliphatic rings. The summed E-state index contributed by atoms with van der Waals surface area (Å²) in [5.74, 6) is -0.988. The minimum Gasteiger partial charge on any atom is -0.478 e. The highest BCUT2D eigenvalue weighted by molar-refractivity contribution is 5.92. The van der Waals surface area contributed by atoms with Crippen LogP contribution in [-0.4, -0.2) is 34.0 Å². The lowest BCUT2D eigenvalue weighted by Gasteiger charge is -2.31. The lowest BCUT2D eigenvalue weighted by Crippen LogP contribution is -2.33. The van der Waals surface area contributed by atoms with Crippen molar-refractivity contribution in [2.24, 2.45) is 5.92 Å². The third-order valence-electron chi connectivity index (χ3n) is 3.81. The maximum absolute atomic E-state index is 11.2. The van der Waals surface area contributed by atoms with E-state index in [2.05, 4.69) is 0 Å². The fraction of sp³-hybridized carbons (Fsp3) is 0.462. The van der Waals surface area contributed by atoms with E-state index in [9.17, 15) is 25.0 Å². The SMILES string of the molecule is CC1CCN(c2c([N+](=O)[O-])cc(C(=O)O)cc2[N+](=O)[O-])CC1. The molecule has 1 aromatic carbocycles. The molecule has 0 amide bonds. The normalized spacial score (nSPS) is 15.6. The number of nitro benzene ring substituents is 2. The van der Waals surface area contributed by atoms with E-state index >= 15 is 0 Å². The van der Waals surface area contributed by atoms with E-state index in [-0.39, 0.29) is 5.69 Å². The zero-order valence-corrected chi connectivity index (χ0v) is 11.9. The molecule has 1 N–H and O–H groups in total. The fourth-order valence-corrected chi connectivity index (χ4v) is 2.56. The van der Waals surface area contributed by atoms with Crippen LogP contribution in [-0.2, 0) is 0 Å². The Labute approximate surface area is 125 Å². The smallest absolute Gasteiger partial charge is 0.336 e. The number of nitrogens with zero attached hydrogens (tertiary/aromatic N) is 3. The summed E-state index contributed by atoms with van der Waals surface area (Å²) < 4.78 is 0. The molecule has 1 heterocycles. The molecule has 0 spiro atoms. The highest BCUT2D eigenvalue weighted by Gasteiger charge is 2.33. The van der Waals surface area contributed by atoms with Crippen LogP contribution in [0.1, 0.15) is 30.1 Å². The summed E-state index contributed by atoms with van der Waals surface area (Å²) >= 11 is 0. The number of carboxylic acid groups (broad SMARTS) is 1. The summed E-state index contributed by atoms with van der Waals surface area (Å²) in [5, 5.41) is 31.5. The average Bonchev–Trinajstić information content (AvgIpc) is 2.46. The summed E-state index contributed by atoms with van der Waals surface area (Å²) in [6.07, 6.45) is 1.55. The van der Waals surface area contributed by atoms with Crippen molar-refractivity contribution < 1.29 is 19.7 Å². The third-order valence-corrected chi connectivity index (χ3v) is 3.81. The zero-order chi connectivity index (χ0) is 16.4. The Bertz CT molecular complexity index is 602. The van der Waals surface area contributed by atoms with Gasteiger partial charge in [0.05, 0.1) is 15.4 Å². The Hall–Kier alpha value is -2.71. The number of rotatable bonds is 4. The van der Waals surface area contributed by atoms with Gasteiger partial charge in [0.2, 0.25) is 0 Å². The van der Waals surface area contributed by atoms with Crippen LogP contribution in [0.5, 0.6) is 0 Å². The Balaban J connectivity index is 2.61. The van der Waals surface area contributed by atoms with Crippen molar-refractivity contribution >= 4 is 23.0 Å². The first-order valence-electron chi connectivity index (χ1n) is 6.76. The molecule has 0 bridgehead atoms. The molecule has 0 aliphatic carbocycles. The first-order valence-corrected chi connectivity index (χ1v) is 6.76. The number of nitro groups is 2. The Morgan fingerprint density at radius 3 is 2.00 bits per heavy atom. The Morgan fingerprint density at radius 1 is 1.18 bits per heavy atom. The van der Waals surface area contributed by atoms with E-state index in [4.69, 9.17) is 5.11 Å². The Kier molecular flexibility index (Phi) is 4.25. The number of anilines is 1. The molecular formula is C13H15N3O6. The summed E-state index contributed by atoms with van der Waals surface area (Å²) in [6, 6.07) is 1.76. The molecule has 0 atom stereocenters. The van der Waals surface area contributed by atoms with Crippen molar-refractivity contribution in [1.82, 2.24) is 0 Å². The van der Waals surface area contributed by atoms with Crippen molar-refractivity contribution in [2.45, 2.75) is 19.8 Å². The van der Waals surface area contributed by atoms with Crippen LogP contribution in [0.25, 0.3) is 0 Å². The van der Waals surface area contributed by atoms with Gasteiger partial charge in [0.1, 0.15) is 0 Å². The average molecular weight is 309 g/mol. The summed E-state index contributed by atoms with van der Waals surface area (Å²) in [6.45, 7) is 2.98. The molecule has 0 saturated carbocycles. The van der Waals surface area contributed by atoms with E-state index in [0.29, 0.717) is 19.0 Å². The molecule has 0 aromatic heterocycles. The third kappa shape index (κ3) is 2.97. The minimum absolute atomic E-state index is 0.105. The van der Waals surface area contributed by atoms with E-state index < -0.39 is 32.8 Å². The summed E-state index contributed by atoms with van der Waals surface area (Å²) in [5.41, 5.74) is -1.65. The van der Waals surface area contributed by atoms with Gasteiger partial charge < -0.3 is 10.0 Å². The topological polar surface area (TPSA) is 127 Å². The first kappa shape index (κ1) is 15.7. The van der Waals surface area contributed by atoms with Gasteiger partial charge in [-0.2, -0.15) is 0 Å². The predicted molar refractivity (Wildman–Crippen MR) is 77.3 cm³/mol. The molecule has 9 nitrogen and oxygen atoms in total. The van der Waals surface area contributed by atoms with Crippen LogP contribution in [0, 0.1) is 26.1 Å².